The molecule has 0 aliphatic rings. The average molecular weight is 276 g/mol. The van der Waals surface area contributed by atoms with Gasteiger partial charge in [-0.1, -0.05) is 11.6 Å². The van der Waals surface area contributed by atoms with Gasteiger partial charge in [0.1, 0.15) is 11.5 Å². The summed E-state index contributed by atoms with van der Waals surface area (Å²) in [5, 5.41) is 2.12. The molecule has 0 saturated heterocycles. The quantitative estimate of drug-likeness (QED) is 0.800. The van der Waals surface area contributed by atoms with Crippen LogP contribution >= 0.6 is 11.6 Å². The van der Waals surface area contributed by atoms with Crippen LogP contribution in [0.4, 0.5) is 0 Å². The molecule has 16 heavy (non-hydrogen) atoms. The van der Waals surface area contributed by atoms with Crippen LogP contribution in [-0.4, -0.2) is 16.5 Å². The van der Waals surface area contributed by atoms with Gasteiger partial charge in [0.15, 0.2) is 4.90 Å². The fourth-order valence-electron chi connectivity index (χ4n) is 1.83. The third kappa shape index (κ3) is 2.50. The molecule has 1 aromatic heterocycles. The Hall–Kier alpha value is -0.310. The summed E-state index contributed by atoms with van der Waals surface area (Å²) in [5.74, 6) is 2.43. The molecule has 0 aliphatic carbocycles. The molecule has 1 N–H and O–H groups in total. The summed E-state index contributed by atoms with van der Waals surface area (Å²) < 4.78 is 0. The van der Waals surface area contributed by atoms with E-state index in [-0.39, 0.29) is 12.4 Å². The number of aromatic nitrogens is 1. The van der Waals surface area contributed by atoms with E-state index in [0.717, 1.165) is 10.5 Å². The molecule has 88 valence electrons. The number of hydrogen-bond donors (Lipinski definition) is 1. The first-order chi connectivity index (χ1) is 7.26. The van der Waals surface area contributed by atoms with Crippen LogP contribution in [0.1, 0.15) is 13.8 Å². The molecular formula is C12H15Cl2NS. The summed E-state index contributed by atoms with van der Waals surface area (Å²) >= 11 is 5.96. The average Bonchev–Trinajstić information content (AvgIpc) is 2.63. The molecule has 1 heterocycles. The van der Waals surface area contributed by atoms with E-state index in [2.05, 4.69) is 31.1 Å². The van der Waals surface area contributed by atoms with Gasteiger partial charge in [0.05, 0.1) is 17.1 Å². The number of aromatic amines is 1. The van der Waals surface area contributed by atoms with E-state index in [1.54, 1.807) is 0 Å². The molecule has 0 aliphatic heterocycles. The molecule has 0 amide bonds. The molecule has 4 heteroatoms. The lowest BCUT2D eigenvalue weighted by Crippen LogP contribution is -3.00. The van der Waals surface area contributed by atoms with Crippen molar-refractivity contribution in [3.63, 3.8) is 0 Å². The molecule has 2 rings (SSSR count). The molecule has 0 radical (unpaired) electrons. The van der Waals surface area contributed by atoms with E-state index in [9.17, 15) is 0 Å². The molecule has 0 unspecified atom stereocenters. The SMILES string of the molecule is CC[S+](CC)c1c[nH]c2cc(Cl)ccc12.[Cl-]. The predicted octanol–water partition coefficient (Wildman–Crippen LogP) is 0.842. The second kappa shape index (κ2) is 5.85. The Morgan fingerprint density at radius 2 is 1.94 bits per heavy atom. The molecule has 0 saturated carbocycles. The van der Waals surface area contributed by atoms with Crippen LogP contribution in [0.2, 0.25) is 5.02 Å². The lowest BCUT2D eigenvalue weighted by atomic mass is 10.2. The van der Waals surface area contributed by atoms with Gasteiger partial charge in [-0.15, -0.1) is 0 Å². The zero-order valence-corrected chi connectivity index (χ0v) is 11.7. The van der Waals surface area contributed by atoms with Crippen LogP contribution in [0.15, 0.2) is 29.3 Å². The number of halogens is 2. The van der Waals surface area contributed by atoms with Gasteiger partial charge in [-0.05, 0) is 32.0 Å². The largest absolute Gasteiger partial charge is 1.00 e. The molecule has 0 bridgehead atoms. The smallest absolute Gasteiger partial charge is 0.180 e. The van der Waals surface area contributed by atoms with Crippen molar-refractivity contribution in [2.75, 3.05) is 11.5 Å². The number of nitrogens with one attached hydrogen (secondary N) is 1. The maximum absolute atomic E-state index is 5.96. The van der Waals surface area contributed by atoms with E-state index < -0.39 is 0 Å². The number of benzene rings is 1. The monoisotopic (exact) mass is 275 g/mol. The van der Waals surface area contributed by atoms with Crippen LogP contribution in [0.3, 0.4) is 0 Å². The van der Waals surface area contributed by atoms with Crippen molar-refractivity contribution in [2.24, 2.45) is 0 Å². The lowest BCUT2D eigenvalue weighted by Gasteiger charge is -2.00. The summed E-state index contributed by atoms with van der Waals surface area (Å²) in [7, 11) is 0.374. The Balaban J connectivity index is 0.00000128. The van der Waals surface area contributed by atoms with Crippen LogP contribution < -0.4 is 12.4 Å². The second-order valence-corrected chi connectivity index (χ2v) is 6.43. The Morgan fingerprint density at radius 1 is 1.25 bits per heavy atom. The summed E-state index contributed by atoms with van der Waals surface area (Å²) in [6.07, 6.45) is 2.14. The van der Waals surface area contributed by atoms with Gasteiger partial charge in [-0.2, -0.15) is 0 Å². The Bertz CT molecular complexity index is 463. The minimum Gasteiger partial charge on any atom is -1.00 e. The van der Waals surface area contributed by atoms with Crippen molar-refractivity contribution in [2.45, 2.75) is 18.7 Å². The molecule has 0 fully saturated rings. The summed E-state index contributed by atoms with van der Waals surface area (Å²) in [4.78, 5) is 4.75. The molecule has 1 aromatic carbocycles. The van der Waals surface area contributed by atoms with Crippen LogP contribution in [0.25, 0.3) is 10.9 Å². The Labute approximate surface area is 110 Å². The lowest BCUT2D eigenvalue weighted by molar-refractivity contribution is -0.00000307. The normalized spacial score (nSPS) is 10.8. The first-order valence-corrected chi connectivity index (χ1v) is 7.14. The number of H-pyrrole nitrogens is 1. The highest BCUT2D eigenvalue weighted by Crippen LogP contribution is 2.27. The van der Waals surface area contributed by atoms with Crippen molar-refractivity contribution >= 4 is 33.4 Å². The third-order valence-electron chi connectivity index (χ3n) is 2.61. The fraction of sp³-hybridized carbons (Fsp3) is 0.333. The van der Waals surface area contributed by atoms with Crippen LogP contribution in [0, 0.1) is 0 Å². The summed E-state index contributed by atoms with van der Waals surface area (Å²) in [5.41, 5.74) is 1.15. The van der Waals surface area contributed by atoms with Crippen molar-refractivity contribution in [3.8, 4) is 0 Å². The van der Waals surface area contributed by atoms with Gasteiger partial charge in [-0.25, -0.2) is 0 Å². The predicted molar refractivity (Wildman–Crippen MR) is 70.0 cm³/mol. The first-order valence-electron chi connectivity index (χ1n) is 5.20. The number of rotatable bonds is 3. The summed E-state index contributed by atoms with van der Waals surface area (Å²) in [6.45, 7) is 4.50. The fourth-order valence-corrected chi connectivity index (χ4v) is 3.74. The minimum atomic E-state index is 0. The van der Waals surface area contributed by atoms with Gasteiger partial charge < -0.3 is 17.4 Å². The van der Waals surface area contributed by atoms with Crippen molar-refractivity contribution in [3.05, 3.63) is 29.4 Å². The molecule has 0 spiro atoms. The highest BCUT2D eigenvalue weighted by molar-refractivity contribution is 7.97. The number of fused-ring (bicyclic) bond motifs is 1. The van der Waals surface area contributed by atoms with Crippen LogP contribution in [-0.2, 0) is 10.9 Å². The van der Waals surface area contributed by atoms with Gasteiger partial charge in [0.25, 0.3) is 0 Å². The minimum absolute atomic E-state index is 0. The van der Waals surface area contributed by atoms with Crippen LogP contribution in [0.5, 0.6) is 0 Å². The van der Waals surface area contributed by atoms with Crippen molar-refractivity contribution < 1.29 is 12.4 Å². The molecule has 1 nitrogen and oxygen atoms in total. The third-order valence-corrected chi connectivity index (χ3v) is 5.20. The standard InChI is InChI=1S/C12H15ClNS.ClH/c1-3-15(4-2)12-8-14-11-7-9(13)5-6-10(11)12;/h5-8,14H,3-4H2,1-2H3;1H/q+1;/p-1. The first kappa shape index (κ1) is 13.8. The van der Waals surface area contributed by atoms with E-state index in [1.165, 1.54) is 21.8 Å². The van der Waals surface area contributed by atoms with Gasteiger partial charge in [0, 0.05) is 15.9 Å². The van der Waals surface area contributed by atoms with Crippen molar-refractivity contribution in [1.29, 1.82) is 0 Å². The summed E-state index contributed by atoms with van der Waals surface area (Å²) in [6, 6.07) is 6.08. The van der Waals surface area contributed by atoms with E-state index in [4.69, 9.17) is 11.6 Å². The van der Waals surface area contributed by atoms with E-state index in [0.29, 0.717) is 10.9 Å². The van der Waals surface area contributed by atoms with Gasteiger partial charge in [-0.3, -0.25) is 0 Å². The number of hydrogen-bond acceptors (Lipinski definition) is 0. The second-order valence-electron chi connectivity index (χ2n) is 3.41. The van der Waals surface area contributed by atoms with E-state index >= 15 is 0 Å². The zero-order valence-electron chi connectivity index (χ0n) is 9.39. The molecule has 2 aromatic rings. The molecule has 0 atom stereocenters. The maximum atomic E-state index is 5.96. The topological polar surface area (TPSA) is 15.8 Å². The van der Waals surface area contributed by atoms with Gasteiger partial charge in [0.2, 0.25) is 0 Å². The van der Waals surface area contributed by atoms with Crippen molar-refractivity contribution in [1.82, 2.24) is 4.98 Å². The Morgan fingerprint density at radius 3 is 2.56 bits per heavy atom. The van der Waals surface area contributed by atoms with Gasteiger partial charge >= 0.3 is 0 Å². The highest BCUT2D eigenvalue weighted by atomic mass is 35.5. The highest BCUT2D eigenvalue weighted by Gasteiger charge is 2.21. The zero-order chi connectivity index (χ0) is 10.8. The molecular weight excluding hydrogens is 261 g/mol. The van der Waals surface area contributed by atoms with E-state index in [1.807, 2.05) is 12.1 Å². The maximum Gasteiger partial charge on any atom is 0.180 e. The Kier molecular flexibility index (Phi) is 5.03.